The zero-order valence-corrected chi connectivity index (χ0v) is 14.0. The maximum absolute atomic E-state index is 11.8. The average molecular weight is 343 g/mol. The Balaban J connectivity index is 2.68. The fraction of sp³-hybridized carbons (Fsp3) is 0.533. The molecule has 0 aromatic heterocycles. The number of hydrogen-bond donors (Lipinski definition) is 3. The molecule has 1 aromatic carbocycles. The van der Waals surface area contributed by atoms with Gasteiger partial charge in [0.15, 0.2) is 0 Å². The molecule has 1 atom stereocenters. The highest BCUT2D eigenvalue weighted by Gasteiger charge is 2.17. The minimum absolute atomic E-state index is 0.0505. The summed E-state index contributed by atoms with van der Waals surface area (Å²) in [6.07, 6.45) is 0.785. The van der Waals surface area contributed by atoms with Crippen LogP contribution in [0.15, 0.2) is 22.7 Å². The van der Waals surface area contributed by atoms with Crippen LogP contribution in [-0.4, -0.2) is 23.1 Å². The molecule has 20 heavy (non-hydrogen) atoms. The van der Waals surface area contributed by atoms with Gasteiger partial charge in [-0.25, -0.2) is 0 Å². The fourth-order valence-electron chi connectivity index (χ4n) is 1.96. The first-order valence-electron chi connectivity index (χ1n) is 6.75. The van der Waals surface area contributed by atoms with E-state index in [0.29, 0.717) is 0 Å². The second-order valence-corrected chi connectivity index (χ2v) is 6.76. The highest BCUT2D eigenvalue weighted by molar-refractivity contribution is 9.10. The van der Waals surface area contributed by atoms with E-state index in [1.54, 1.807) is 12.1 Å². The van der Waals surface area contributed by atoms with E-state index in [4.69, 9.17) is 0 Å². The zero-order valence-electron chi connectivity index (χ0n) is 12.5. The number of phenolic OH excluding ortho intramolecular Hbond substituents is 1. The second-order valence-electron chi connectivity index (χ2n) is 5.84. The maximum Gasteiger partial charge on any atom is 0.234 e. The smallest absolute Gasteiger partial charge is 0.234 e. The summed E-state index contributed by atoms with van der Waals surface area (Å²) in [4.78, 5) is 11.8. The number of amides is 1. The quantitative estimate of drug-likeness (QED) is 0.770. The molecule has 1 aromatic rings. The summed E-state index contributed by atoms with van der Waals surface area (Å²) in [7, 11) is 0. The number of hydrogen-bond acceptors (Lipinski definition) is 3. The van der Waals surface area contributed by atoms with Crippen LogP contribution in [0.4, 0.5) is 0 Å². The summed E-state index contributed by atoms with van der Waals surface area (Å²) < 4.78 is 0.907. The normalized spacial score (nSPS) is 13.1. The lowest BCUT2D eigenvalue weighted by Gasteiger charge is -2.23. The van der Waals surface area contributed by atoms with Crippen LogP contribution in [-0.2, 0) is 4.79 Å². The van der Waals surface area contributed by atoms with Crippen LogP contribution in [0.1, 0.15) is 45.7 Å². The van der Waals surface area contributed by atoms with Crippen molar-refractivity contribution in [2.45, 2.75) is 45.7 Å². The molecule has 1 unspecified atom stereocenters. The predicted molar refractivity (Wildman–Crippen MR) is 84.7 cm³/mol. The SMILES string of the molecule is CCC(NCC(=O)NC(C)(C)C)c1cc(Br)ccc1O. The van der Waals surface area contributed by atoms with E-state index in [1.807, 2.05) is 33.8 Å². The molecule has 4 nitrogen and oxygen atoms in total. The molecule has 0 saturated carbocycles. The largest absolute Gasteiger partial charge is 0.508 e. The van der Waals surface area contributed by atoms with Gasteiger partial charge in [0.05, 0.1) is 6.54 Å². The number of carbonyl (C=O) groups excluding carboxylic acids is 1. The molecular formula is C15H23BrN2O2. The summed E-state index contributed by atoms with van der Waals surface area (Å²) in [5, 5.41) is 16.0. The monoisotopic (exact) mass is 342 g/mol. The molecule has 0 aliphatic carbocycles. The van der Waals surface area contributed by atoms with Gasteiger partial charge in [-0.3, -0.25) is 4.79 Å². The standard InChI is InChI=1S/C15H23BrN2O2/c1-5-12(11-8-10(16)6-7-13(11)19)17-9-14(20)18-15(2,3)4/h6-8,12,17,19H,5,9H2,1-4H3,(H,18,20). The van der Waals surface area contributed by atoms with E-state index < -0.39 is 0 Å². The average Bonchev–Trinajstić information content (AvgIpc) is 2.32. The van der Waals surface area contributed by atoms with Gasteiger partial charge in [-0.1, -0.05) is 22.9 Å². The van der Waals surface area contributed by atoms with Crippen molar-refractivity contribution in [1.82, 2.24) is 10.6 Å². The lowest BCUT2D eigenvalue weighted by atomic mass is 10.0. The van der Waals surface area contributed by atoms with Gasteiger partial charge in [0.1, 0.15) is 5.75 Å². The number of benzene rings is 1. The summed E-state index contributed by atoms with van der Waals surface area (Å²) in [5.74, 6) is 0.189. The third kappa shape index (κ3) is 5.51. The Hall–Kier alpha value is -1.07. The Bertz CT molecular complexity index is 469. The Labute approximate surface area is 129 Å². The van der Waals surface area contributed by atoms with Gasteiger partial charge in [0, 0.05) is 21.6 Å². The van der Waals surface area contributed by atoms with Gasteiger partial charge in [-0.2, -0.15) is 0 Å². The number of rotatable bonds is 5. The van der Waals surface area contributed by atoms with Gasteiger partial charge < -0.3 is 15.7 Å². The molecule has 1 rings (SSSR count). The van der Waals surface area contributed by atoms with Crippen LogP contribution in [0.5, 0.6) is 5.75 Å². The second kappa shape index (κ2) is 7.09. The maximum atomic E-state index is 11.8. The number of phenols is 1. The van der Waals surface area contributed by atoms with Crippen molar-refractivity contribution in [3.05, 3.63) is 28.2 Å². The molecule has 0 saturated heterocycles. The molecule has 0 aliphatic heterocycles. The Morgan fingerprint density at radius 1 is 1.40 bits per heavy atom. The lowest BCUT2D eigenvalue weighted by Crippen LogP contribution is -2.45. The number of carbonyl (C=O) groups is 1. The molecule has 112 valence electrons. The lowest BCUT2D eigenvalue weighted by molar-refractivity contribution is -0.121. The van der Waals surface area contributed by atoms with Crippen LogP contribution in [0.25, 0.3) is 0 Å². The van der Waals surface area contributed by atoms with Crippen molar-refractivity contribution in [1.29, 1.82) is 0 Å². The van der Waals surface area contributed by atoms with Crippen LogP contribution in [0.2, 0.25) is 0 Å². The predicted octanol–water partition coefficient (Wildman–Crippen LogP) is 3.11. The number of aromatic hydroxyl groups is 1. The molecule has 0 bridgehead atoms. The van der Waals surface area contributed by atoms with E-state index in [0.717, 1.165) is 16.5 Å². The van der Waals surface area contributed by atoms with Gasteiger partial charge >= 0.3 is 0 Å². The molecule has 0 fully saturated rings. The molecule has 0 radical (unpaired) electrons. The number of nitrogens with one attached hydrogen (secondary N) is 2. The summed E-state index contributed by atoms with van der Waals surface area (Å²) in [5.41, 5.74) is 0.559. The summed E-state index contributed by atoms with van der Waals surface area (Å²) in [6, 6.07) is 5.26. The van der Waals surface area contributed by atoms with Crippen molar-refractivity contribution >= 4 is 21.8 Å². The first kappa shape index (κ1) is 17.0. The van der Waals surface area contributed by atoms with Crippen molar-refractivity contribution in [3.8, 4) is 5.75 Å². The van der Waals surface area contributed by atoms with E-state index in [1.165, 1.54) is 0 Å². The third-order valence-electron chi connectivity index (χ3n) is 2.80. The van der Waals surface area contributed by atoms with E-state index in [2.05, 4.69) is 26.6 Å². The Kier molecular flexibility index (Phi) is 6.02. The molecule has 0 spiro atoms. The minimum Gasteiger partial charge on any atom is -0.508 e. The summed E-state index contributed by atoms with van der Waals surface area (Å²) in [6.45, 7) is 8.08. The molecule has 3 N–H and O–H groups in total. The van der Waals surface area contributed by atoms with Gasteiger partial charge in [0.25, 0.3) is 0 Å². The van der Waals surface area contributed by atoms with Gasteiger partial charge in [-0.05, 0) is 45.4 Å². The molecule has 5 heteroatoms. The molecular weight excluding hydrogens is 320 g/mol. The molecule has 0 heterocycles. The van der Waals surface area contributed by atoms with E-state index in [-0.39, 0.29) is 29.8 Å². The van der Waals surface area contributed by atoms with Crippen molar-refractivity contribution in [3.63, 3.8) is 0 Å². The first-order chi connectivity index (χ1) is 9.23. The van der Waals surface area contributed by atoms with Crippen molar-refractivity contribution < 1.29 is 9.90 Å². The Morgan fingerprint density at radius 3 is 2.60 bits per heavy atom. The number of halogens is 1. The zero-order chi connectivity index (χ0) is 15.3. The Morgan fingerprint density at radius 2 is 2.05 bits per heavy atom. The van der Waals surface area contributed by atoms with Crippen molar-refractivity contribution in [2.24, 2.45) is 0 Å². The van der Waals surface area contributed by atoms with Crippen LogP contribution < -0.4 is 10.6 Å². The highest BCUT2D eigenvalue weighted by Crippen LogP contribution is 2.29. The van der Waals surface area contributed by atoms with E-state index >= 15 is 0 Å². The van der Waals surface area contributed by atoms with Gasteiger partial charge in [0.2, 0.25) is 5.91 Å². The molecule has 1 amide bonds. The summed E-state index contributed by atoms with van der Waals surface area (Å²) >= 11 is 3.40. The highest BCUT2D eigenvalue weighted by atomic mass is 79.9. The van der Waals surface area contributed by atoms with Crippen LogP contribution in [0, 0.1) is 0 Å². The van der Waals surface area contributed by atoms with Crippen molar-refractivity contribution in [2.75, 3.05) is 6.54 Å². The third-order valence-corrected chi connectivity index (χ3v) is 3.29. The van der Waals surface area contributed by atoms with Crippen LogP contribution in [0.3, 0.4) is 0 Å². The topological polar surface area (TPSA) is 61.4 Å². The fourth-order valence-corrected chi connectivity index (χ4v) is 2.34. The van der Waals surface area contributed by atoms with Crippen LogP contribution >= 0.6 is 15.9 Å². The minimum atomic E-state index is -0.238. The molecule has 0 aliphatic rings. The van der Waals surface area contributed by atoms with E-state index in [9.17, 15) is 9.90 Å². The first-order valence-corrected chi connectivity index (χ1v) is 7.55. The van der Waals surface area contributed by atoms with Gasteiger partial charge in [-0.15, -0.1) is 0 Å².